The number of hydrogen-bond acceptors (Lipinski definition) is 3. The molecule has 1 aromatic heterocycles. The average molecular weight is 198 g/mol. The molecule has 0 radical (unpaired) electrons. The summed E-state index contributed by atoms with van der Waals surface area (Å²) in [6, 6.07) is 0. The van der Waals surface area contributed by atoms with E-state index in [2.05, 4.69) is 5.10 Å². The van der Waals surface area contributed by atoms with Crippen LogP contribution in [0.25, 0.3) is 0 Å². The molecule has 0 aromatic carbocycles. The molecule has 1 aromatic rings. The highest BCUT2D eigenvalue weighted by molar-refractivity contribution is 5.88. The third-order valence-corrected chi connectivity index (χ3v) is 2.13. The van der Waals surface area contributed by atoms with Crippen LogP contribution >= 0.6 is 0 Å². The maximum absolute atomic E-state index is 10.7. The van der Waals surface area contributed by atoms with E-state index in [4.69, 9.17) is 10.2 Å². The molecule has 1 unspecified atom stereocenters. The van der Waals surface area contributed by atoms with E-state index in [1.54, 1.807) is 11.6 Å². The Hall–Kier alpha value is -1.36. The van der Waals surface area contributed by atoms with E-state index in [9.17, 15) is 4.79 Å². The maximum Gasteiger partial charge on any atom is 0.339 e. The fraction of sp³-hybridized carbons (Fsp3) is 0.556. The molecule has 1 rings (SSSR count). The first-order chi connectivity index (χ1) is 6.56. The highest BCUT2D eigenvalue weighted by Crippen LogP contribution is 2.09. The average Bonchev–Trinajstić information content (AvgIpc) is 2.48. The summed E-state index contributed by atoms with van der Waals surface area (Å²) in [5, 5.41) is 21.6. The van der Waals surface area contributed by atoms with Crippen LogP contribution in [0.2, 0.25) is 0 Å². The molecule has 1 heterocycles. The fourth-order valence-corrected chi connectivity index (χ4v) is 1.19. The first-order valence-corrected chi connectivity index (χ1v) is 4.42. The summed E-state index contributed by atoms with van der Waals surface area (Å²) < 4.78 is 1.60. The number of nitrogens with zero attached hydrogens (tertiary/aromatic N) is 2. The second-order valence-electron chi connectivity index (χ2n) is 3.42. The minimum absolute atomic E-state index is 0.0711. The van der Waals surface area contributed by atoms with Gasteiger partial charge in [-0.2, -0.15) is 5.10 Å². The van der Waals surface area contributed by atoms with E-state index in [1.807, 2.05) is 6.92 Å². The van der Waals surface area contributed by atoms with Crippen LogP contribution in [0.15, 0.2) is 6.20 Å². The molecule has 0 amide bonds. The van der Waals surface area contributed by atoms with E-state index >= 15 is 0 Å². The number of aromatic carboxylic acids is 1. The fourth-order valence-electron chi connectivity index (χ4n) is 1.19. The van der Waals surface area contributed by atoms with E-state index in [1.165, 1.54) is 6.20 Å². The Kier molecular flexibility index (Phi) is 3.24. The van der Waals surface area contributed by atoms with Gasteiger partial charge in [0.1, 0.15) is 5.56 Å². The molecule has 78 valence electrons. The Bertz CT molecular complexity index is 333. The second kappa shape index (κ2) is 4.23. The van der Waals surface area contributed by atoms with Crippen LogP contribution in [-0.2, 0) is 6.54 Å². The standard InChI is InChI=1S/C9H14N2O3/c1-6(5-12)4-11-7(2)8(3-10-11)9(13)14/h3,6,12H,4-5H2,1-2H3,(H,13,14). The van der Waals surface area contributed by atoms with Crippen molar-refractivity contribution in [2.45, 2.75) is 20.4 Å². The van der Waals surface area contributed by atoms with Gasteiger partial charge in [-0.05, 0) is 12.8 Å². The number of aliphatic hydroxyl groups excluding tert-OH is 1. The Morgan fingerprint density at radius 2 is 2.36 bits per heavy atom. The first kappa shape index (κ1) is 10.7. The molecule has 0 saturated carbocycles. The van der Waals surface area contributed by atoms with Gasteiger partial charge in [0.25, 0.3) is 0 Å². The predicted molar refractivity (Wildman–Crippen MR) is 50.2 cm³/mol. The molecule has 0 fully saturated rings. The third kappa shape index (κ3) is 2.11. The van der Waals surface area contributed by atoms with E-state index < -0.39 is 5.97 Å². The van der Waals surface area contributed by atoms with Crippen LogP contribution in [0, 0.1) is 12.8 Å². The Morgan fingerprint density at radius 3 is 2.79 bits per heavy atom. The zero-order chi connectivity index (χ0) is 10.7. The van der Waals surface area contributed by atoms with Gasteiger partial charge in [-0.1, -0.05) is 6.92 Å². The normalized spacial score (nSPS) is 12.8. The monoisotopic (exact) mass is 198 g/mol. The van der Waals surface area contributed by atoms with Crippen molar-refractivity contribution in [2.24, 2.45) is 5.92 Å². The molecule has 0 aliphatic heterocycles. The lowest BCUT2D eigenvalue weighted by molar-refractivity contribution is 0.0696. The number of aromatic nitrogens is 2. The zero-order valence-corrected chi connectivity index (χ0v) is 8.27. The molecule has 0 bridgehead atoms. The largest absolute Gasteiger partial charge is 0.478 e. The van der Waals surface area contributed by atoms with Crippen LogP contribution in [0.3, 0.4) is 0 Å². The van der Waals surface area contributed by atoms with Crippen LogP contribution in [0.4, 0.5) is 0 Å². The van der Waals surface area contributed by atoms with Gasteiger partial charge in [0.2, 0.25) is 0 Å². The summed E-state index contributed by atoms with van der Waals surface area (Å²) in [6.07, 6.45) is 1.34. The van der Waals surface area contributed by atoms with Gasteiger partial charge in [-0.3, -0.25) is 4.68 Å². The van der Waals surface area contributed by atoms with Crippen molar-refractivity contribution in [3.8, 4) is 0 Å². The van der Waals surface area contributed by atoms with Crippen molar-refractivity contribution in [1.82, 2.24) is 9.78 Å². The highest BCUT2D eigenvalue weighted by Gasteiger charge is 2.13. The van der Waals surface area contributed by atoms with Gasteiger partial charge in [-0.15, -0.1) is 0 Å². The molecule has 0 aliphatic carbocycles. The van der Waals surface area contributed by atoms with Crippen molar-refractivity contribution in [3.05, 3.63) is 17.5 Å². The number of carboxylic acids is 1. The molecule has 2 N–H and O–H groups in total. The number of carbonyl (C=O) groups is 1. The summed E-state index contributed by atoms with van der Waals surface area (Å²) in [7, 11) is 0. The predicted octanol–water partition coefficient (Wildman–Crippen LogP) is 0.518. The molecule has 0 aliphatic rings. The van der Waals surface area contributed by atoms with Gasteiger partial charge in [0.05, 0.1) is 6.20 Å². The molecule has 5 nitrogen and oxygen atoms in total. The lowest BCUT2D eigenvalue weighted by Crippen LogP contribution is -2.14. The topological polar surface area (TPSA) is 75.3 Å². The van der Waals surface area contributed by atoms with Crippen molar-refractivity contribution in [2.75, 3.05) is 6.61 Å². The quantitative estimate of drug-likeness (QED) is 0.739. The SMILES string of the molecule is Cc1c(C(=O)O)cnn1CC(C)CO. The van der Waals surface area contributed by atoms with Crippen LogP contribution in [-0.4, -0.2) is 32.6 Å². The maximum atomic E-state index is 10.7. The van der Waals surface area contributed by atoms with E-state index in [-0.39, 0.29) is 18.1 Å². The number of aliphatic hydroxyl groups is 1. The Balaban J connectivity index is 2.84. The Labute approximate surface area is 82.0 Å². The van der Waals surface area contributed by atoms with Crippen LogP contribution in [0.5, 0.6) is 0 Å². The summed E-state index contributed by atoms with van der Waals surface area (Å²) >= 11 is 0. The summed E-state index contributed by atoms with van der Waals surface area (Å²) in [6.45, 7) is 4.19. The van der Waals surface area contributed by atoms with Gasteiger partial charge in [0, 0.05) is 18.8 Å². The molecular weight excluding hydrogens is 184 g/mol. The third-order valence-electron chi connectivity index (χ3n) is 2.13. The summed E-state index contributed by atoms with van der Waals surface area (Å²) in [5.41, 5.74) is 0.841. The van der Waals surface area contributed by atoms with Crippen molar-refractivity contribution in [1.29, 1.82) is 0 Å². The van der Waals surface area contributed by atoms with E-state index in [0.717, 1.165) is 0 Å². The molecular formula is C9H14N2O3. The minimum atomic E-state index is -0.967. The molecule has 1 atom stereocenters. The number of carboxylic acid groups (broad SMARTS) is 1. The molecule has 0 saturated heterocycles. The summed E-state index contributed by atoms with van der Waals surface area (Å²) in [5.74, 6) is -0.888. The van der Waals surface area contributed by atoms with Crippen LogP contribution in [0.1, 0.15) is 23.0 Å². The number of hydrogen-bond donors (Lipinski definition) is 2. The lowest BCUT2D eigenvalue weighted by atomic mass is 10.2. The van der Waals surface area contributed by atoms with Gasteiger partial charge >= 0.3 is 5.97 Å². The number of rotatable bonds is 4. The summed E-state index contributed by atoms with van der Waals surface area (Å²) in [4.78, 5) is 10.7. The van der Waals surface area contributed by atoms with Crippen LogP contribution < -0.4 is 0 Å². The van der Waals surface area contributed by atoms with Gasteiger partial charge < -0.3 is 10.2 Å². The molecule has 5 heteroatoms. The first-order valence-electron chi connectivity index (χ1n) is 4.42. The smallest absolute Gasteiger partial charge is 0.339 e. The minimum Gasteiger partial charge on any atom is -0.478 e. The van der Waals surface area contributed by atoms with Crippen molar-refractivity contribution >= 4 is 5.97 Å². The van der Waals surface area contributed by atoms with Crippen molar-refractivity contribution in [3.63, 3.8) is 0 Å². The van der Waals surface area contributed by atoms with Gasteiger partial charge in [-0.25, -0.2) is 4.79 Å². The van der Waals surface area contributed by atoms with Gasteiger partial charge in [0.15, 0.2) is 0 Å². The van der Waals surface area contributed by atoms with Crippen molar-refractivity contribution < 1.29 is 15.0 Å². The molecule has 14 heavy (non-hydrogen) atoms. The highest BCUT2D eigenvalue weighted by atomic mass is 16.4. The van der Waals surface area contributed by atoms with E-state index in [0.29, 0.717) is 12.2 Å². The Morgan fingerprint density at radius 1 is 1.71 bits per heavy atom. The second-order valence-corrected chi connectivity index (χ2v) is 3.42. The zero-order valence-electron chi connectivity index (χ0n) is 8.27. The molecule has 0 spiro atoms. The lowest BCUT2D eigenvalue weighted by Gasteiger charge is -2.09.